The molecule has 0 amide bonds. The largest absolute Gasteiger partial charge is 0.474 e. The third-order valence-corrected chi connectivity index (χ3v) is 2.90. The van der Waals surface area contributed by atoms with E-state index in [9.17, 15) is 4.57 Å². The molecule has 0 fully saturated rings. The summed E-state index contributed by atoms with van der Waals surface area (Å²) in [6.45, 7) is 7.15. The Bertz CT molecular complexity index is 168. The minimum absolute atomic E-state index is 0. The van der Waals surface area contributed by atoms with E-state index >= 15 is 0 Å². The quantitative estimate of drug-likeness (QED) is 0.494. The molecule has 0 unspecified atom stereocenters. The highest BCUT2D eigenvalue weighted by Gasteiger charge is 2.24. The van der Waals surface area contributed by atoms with E-state index in [0.717, 1.165) is 0 Å². The maximum Gasteiger partial charge on any atom is 0.474 e. The molecule has 0 rings (SSSR count). The maximum absolute atomic E-state index is 11.7. The fraction of sp³-hybridized carbons (Fsp3) is 1.00. The van der Waals surface area contributed by atoms with Crippen molar-refractivity contribution >= 4 is 7.82 Å². The predicted octanol–water partition coefficient (Wildman–Crippen LogP) is 2.38. The van der Waals surface area contributed by atoms with E-state index in [1.165, 1.54) is 0 Å². The number of ether oxygens (including phenoxy) is 1. The summed E-state index contributed by atoms with van der Waals surface area (Å²) in [5.41, 5.74) is 0. The van der Waals surface area contributed by atoms with Gasteiger partial charge in [-0.15, -0.1) is 0 Å². The van der Waals surface area contributed by atoms with Crippen LogP contribution in [-0.4, -0.2) is 33.0 Å². The fourth-order valence-electron chi connectivity index (χ4n) is 0.780. The first-order valence-electron chi connectivity index (χ1n) is 4.79. The van der Waals surface area contributed by atoms with Crippen LogP contribution in [0.2, 0.25) is 0 Å². The van der Waals surface area contributed by atoms with E-state index < -0.39 is 7.82 Å². The van der Waals surface area contributed by atoms with Gasteiger partial charge in [-0.3, -0.25) is 13.6 Å². The zero-order valence-electron chi connectivity index (χ0n) is 9.73. The van der Waals surface area contributed by atoms with Crippen molar-refractivity contribution in [2.24, 2.45) is 0 Å². The first-order valence-corrected chi connectivity index (χ1v) is 6.26. The highest BCUT2D eigenvalue weighted by atomic mass is 31.2. The third kappa shape index (κ3) is 8.99. The van der Waals surface area contributed by atoms with Gasteiger partial charge in [-0.1, -0.05) is 0 Å². The number of hydrogen-bond donors (Lipinski definition) is 1. The number of hydrogen-bond acceptors (Lipinski definition) is 6. The van der Waals surface area contributed by atoms with Crippen molar-refractivity contribution in [1.29, 1.82) is 0 Å². The van der Waals surface area contributed by atoms with Crippen LogP contribution in [0.1, 0.15) is 20.8 Å². The molecule has 0 aliphatic heterocycles. The average molecular weight is 243 g/mol. The Morgan fingerprint density at radius 1 is 0.867 bits per heavy atom. The van der Waals surface area contributed by atoms with Gasteiger partial charge in [-0.2, -0.15) is 0 Å². The summed E-state index contributed by atoms with van der Waals surface area (Å²) >= 11 is 0. The summed E-state index contributed by atoms with van der Waals surface area (Å²) in [6.07, 6.45) is 0. The zero-order chi connectivity index (χ0) is 10.9. The van der Waals surface area contributed by atoms with Crippen LogP contribution in [0.3, 0.4) is 0 Å². The Balaban J connectivity index is 0. The summed E-state index contributed by atoms with van der Waals surface area (Å²) < 4.78 is 31.5. The van der Waals surface area contributed by atoms with E-state index in [-0.39, 0.29) is 12.8 Å². The van der Waals surface area contributed by atoms with Crippen molar-refractivity contribution in [3.63, 3.8) is 0 Å². The molecule has 0 spiro atoms. The minimum atomic E-state index is -3.34. The summed E-state index contributed by atoms with van der Waals surface area (Å²) in [4.78, 5) is 0. The third-order valence-electron chi connectivity index (χ3n) is 1.26. The van der Waals surface area contributed by atoms with Gasteiger partial charge in [0.05, 0.1) is 26.4 Å². The smallest absolute Gasteiger partial charge is 0.379 e. The molecular weight excluding hydrogens is 221 g/mol. The van der Waals surface area contributed by atoms with Crippen LogP contribution in [0.4, 0.5) is 0 Å². The van der Waals surface area contributed by atoms with E-state index in [1.54, 1.807) is 13.8 Å². The lowest BCUT2D eigenvalue weighted by Gasteiger charge is -2.15. The predicted molar refractivity (Wildman–Crippen MR) is 58.3 cm³/mol. The molecule has 0 saturated heterocycles. The Morgan fingerprint density at radius 3 is 1.80 bits per heavy atom. The first kappa shape index (κ1) is 17.4. The molecule has 3 N–H and O–H groups in total. The number of rotatable bonds is 9. The fourth-order valence-corrected chi connectivity index (χ4v) is 1.93. The Kier molecular flexibility index (Phi) is 12.2. The lowest BCUT2D eigenvalue weighted by atomic mass is 10.8. The summed E-state index contributed by atoms with van der Waals surface area (Å²) in [5, 5.41) is 0. The summed E-state index contributed by atoms with van der Waals surface area (Å²) in [5.74, 6) is 0. The molecule has 0 bridgehead atoms. The maximum atomic E-state index is 11.7. The molecule has 0 aromatic rings. The van der Waals surface area contributed by atoms with Crippen LogP contribution >= 0.6 is 7.82 Å². The molecule has 0 aliphatic rings. The molecule has 15 heavy (non-hydrogen) atoms. The van der Waals surface area contributed by atoms with Gasteiger partial charge in [0.25, 0.3) is 0 Å². The van der Waals surface area contributed by atoms with Gasteiger partial charge in [0.15, 0.2) is 0 Å². The van der Waals surface area contributed by atoms with Gasteiger partial charge in [-0.05, 0) is 20.8 Å². The van der Waals surface area contributed by atoms with E-state index in [0.29, 0.717) is 26.4 Å². The van der Waals surface area contributed by atoms with Crippen LogP contribution < -0.4 is 6.15 Å². The SMILES string of the molecule is CCOCCOP(=O)(OCC)OCC.N. The van der Waals surface area contributed by atoms with Crippen LogP contribution in [0.25, 0.3) is 0 Å². The standard InChI is InChI=1S/C8H19O5P.H3N/c1-4-10-7-8-13-14(9,11-5-2)12-6-3;/h4-8H2,1-3H3;1H3. The molecule has 0 aromatic heterocycles. The van der Waals surface area contributed by atoms with Crippen molar-refractivity contribution < 1.29 is 22.9 Å². The van der Waals surface area contributed by atoms with Gasteiger partial charge in [0, 0.05) is 6.61 Å². The number of phosphoric acid groups is 1. The first-order chi connectivity index (χ1) is 6.68. The molecule has 0 aliphatic carbocycles. The highest BCUT2D eigenvalue weighted by molar-refractivity contribution is 7.48. The molecule has 94 valence electrons. The van der Waals surface area contributed by atoms with Crippen LogP contribution in [-0.2, 0) is 22.9 Å². The van der Waals surface area contributed by atoms with E-state index in [2.05, 4.69) is 0 Å². The Morgan fingerprint density at radius 2 is 1.40 bits per heavy atom. The Hall–Kier alpha value is 0.0300. The molecule has 0 aromatic carbocycles. The van der Waals surface area contributed by atoms with Crippen molar-refractivity contribution in [3.8, 4) is 0 Å². The second kappa shape index (κ2) is 10.5. The second-order valence-corrected chi connectivity index (χ2v) is 3.98. The molecule has 0 saturated carbocycles. The molecular formula is C8H22NO5P. The molecule has 0 radical (unpaired) electrons. The normalized spacial score (nSPS) is 11.1. The van der Waals surface area contributed by atoms with Crippen LogP contribution in [0.15, 0.2) is 0 Å². The van der Waals surface area contributed by atoms with Gasteiger partial charge in [0.2, 0.25) is 0 Å². The monoisotopic (exact) mass is 243 g/mol. The minimum Gasteiger partial charge on any atom is -0.379 e. The average Bonchev–Trinajstić information content (AvgIpc) is 2.13. The highest BCUT2D eigenvalue weighted by Crippen LogP contribution is 2.48. The van der Waals surface area contributed by atoms with Crippen molar-refractivity contribution in [3.05, 3.63) is 0 Å². The second-order valence-electron chi connectivity index (χ2n) is 2.31. The van der Waals surface area contributed by atoms with E-state index in [1.807, 2.05) is 6.92 Å². The Labute approximate surface area is 91.4 Å². The number of phosphoric ester groups is 1. The molecule has 0 heterocycles. The van der Waals surface area contributed by atoms with Gasteiger partial charge in [0.1, 0.15) is 0 Å². The lowest BCUT2D eigenvalue weighted by Crippen LogP contribution is -2.06. The van der Waals surface area contributed by atoms with E-state index in [4.69, 9.17) is 18.3 Å². The van der Waals surface area contributed by atoms with Gasteiger partial charge < -0.3 is 10.9 Å². The molecule has 0 atom stereocenters. The summed E-state index contributed by atoms with van der Waals surface area (Å²) in [7, 11) is -3.34. The van der Waals surface area contributed by atoms with Gasteiger partial charge in [-0.25, -0.2) is 4.57 Å². The van der Waals surface area contributed by atoms with Crippen molar-refractivity contribution in [2.45, 2.75) is 20.8 Å². The molecule has 6 nitrogen and oxygen atoms in total. The van der Waals surface area contributed by atoms with Crippen molar-refractivity contribution in [2.75, 3.05) is 33.0 Å². The lowest BCUT2D eigenvalue weighted by molar-refractivity contribution is 0.0726. The molecule has 7 heteroatoms. The van der Waals surface area contributed by atoms with Crippen LogP contribution in [0, 0.1) is 0 Å². The van der Waals surface area contributed by atoms with Crippen molar-refractivity contribution in [1.82, 2.24) is 6.15 Å². The zero-order valence-corrected chi connectivity index (χ0v) is 10.6. The van der Waals surface area contributed by atoms with Crippen LogP contribution in [0.5, 0.6) is 0 Å². The summed E-state index contributed by atoms with van der Waals surface area (Å²) in [6, 6.07) is 0. The van der Waals surface area contributed by atoms with Gasteiger partial charge >= 0.3 is 7.82 Å². The topological polar surface area (TPSA) is 89.0 Å².